The SMILES string of the molecule is c1ccc(Oc2cncc(C3CCC4(CNC4)C3)c2)cc1. The highest BCUT2D eigenvalue weighted by atomic mass is 16.5. The number of hydrogen-bond acceptors (Lipinski definition) is 3. The zero-order valence-corrected chi connectivity index (χ0v) is 12.1. The molecule has 2 aliphatic rings. The molecule has 1 aliphatic carbocycles. The highest BCUT2D eigenvalue weighted by Crippen LogP contribution is 2.48. The summed E-state index contributed by atoms with van der Waals surface area (Å²) >= 11 is 0. The number of hydrogen-bond donors (Lipinski definition) is 1. The molecule has 1 aliphatic heterocycles. The lowest BCUT2D eigenvalue weighted by Crippen LogP contribution is -2.51. The number of aromatic nitrogens is 1. The van der Waals surface area contributed by atoms with Gasteiger partial charge in [0.1, 0.15) is 11.5 Å². The molecule has 2 aromatic rings. The number of para-hydroxylation sites is 1. The van der Waals surface area contributed by atoms with Crippen LogP contribution in [0.15, 0.2) is 48.8 Å². The largest absolute Gasteiger partial charge is 0.456 e. The van der Waals surface area contributed by atoms with Crippen LogP contribution in [0, 0.1) is 5.41 Å². The average Bonchev–Trinajstić information content (AvgIpc) is 2.94. The molecule has 3 heteroatoms. The highest BCUT2D eigenvalue weighted by molar-refractivity contribution is 5.33. The normalized spacial score (nSPS) is 23.0. The fraction of sp³-hybridized carbons (Fsp3) is 0.389. The first-order chi connectivity index (χ1) is 10.3. The maximum absolute atomic E-state index is 5.90. The number of benzene rings is 1. The highest BCUT2D eigenvalue weighted by Gasteiger charge is 2.43. The van der Waals surface area contributed by atoms with E-state index in [-0.39, 0.29) is 0 Å². The number of rotatable bonds is 3. The Kier molecular flexibility index (Phi) is 3.15. The van der Waals surface area contributed by atoms with E-state index in [0.717, 1.165) is 11.5 Å². The van der Waals surface area contributed by atoms with Crippen molar-refractivity contribution in [1.29, 1.82) is 0 Å². The molecular weight excluding hydrogens is 260 g/mol. The summed E-state index contributed by atoms with van der Waals surface area (Å²) in [7, 11) is 0. The van der Waals surface area contributed by atoms with Crippen LogP contribution in [-0.4, -0.2) is 18.1 Å². The average molecular weight is 280 g/mol. The summed E-state index contributed by atoms with van der Waals surface area (Å²) in [5.74, 6) is 2.34. The molecule has 4 rings (SSSR count). The van der Waals surface area contributed by atoms with Crippen molar-refractivity contribution in [2.75, 3.05) is 13.1 Å². The summed E-state index contributed by atoms with van der Waals surface area (Å²) in [6, 6.07) is 12.1. The predicted octanol–water partition coefficient (Wildman–Crippen LogP) is 3.73. The van der Waals surface area contributed by atoms with E-state index in [1.165, 1.54) is 37.9 Å². The topological polar surface area (TPSA) is 34.1 Å². The van der Waals surface area contributed by atoms with Crippen molar-refractivity contribution in [2.24, 2.45) is 5.41 Å². The quantitative estimate of drug-likeness (QED) is 0.930. The smallest absolute Gasteiger partial charge is 0.145 e. The van der Waals surface area contributed by atoms with Crippen LogP contribution in [0.25, 0.3) is 0 Å². The van der Waals surface area contributed by atoms with E-state index in [0.29, 0.717) is 11.3 Å². The molecule has 0 bridgehead atoms. The van der Waals surface area contributed by atoms with E-state index >= 15 is 0 Å². The molecule has 21 heavy (non-hydrogen) atoms. The Morgan fingerprint density at radius 3 is 2.67 bits per heavy atom. The maximum atomic E-state index is 5.90. The molecule has 1 saturated carbocycles. The van der Waals surface area contributed by atoms with Crippen LogP contribution in [0.1, 0.15) is 30.7 Å². The van der Waals surface area contributed by atoms with Gasteiger partial charge in [0.25, 0.3) is 0 Å². The van der Waals surface area contributed by atoms with Gasteiger partial charge in [-0.05, 0) is 54.4 Å². The molecule has 3 nitrogen and oxygen atoms in total. The summed E-state index contributed by atoms with van der Waals surface area (Å²) in [5, 5.41) is 3.42. The van der Waals surface area contributed by atoms with Gasteiger partial charge in [0.15, 0.2) is 0 Å². The van der Waals surface area contributed by atoms with Crippen LogP contribution in [0.5, 0.6) is 11.5 Å². The lowest BCUT2D eigenvalue weighted by atomic mass is 9.79. The second kappa shape index (κ2) is 5.15. The molecule has 1 atom stereocenters. The van der Waals surface area contributed by atoms with E-state index in [9.17, 15) is 0 Å². The minimum absolute atomic E-state index is 0.570. The molecule has 1 unspecified atom stereocenters. The Labute approximate surface area is 125 Å². The zero-order valence-electron chi connectivity index (χ0n) is 12.1. The van der Waals surface area contributed by atoms with E-state index in [1.54, 1.807) is 6.20 Å². The van der Waals surface area contributed by atoms with Crippen LogP contribution in [0.3, 0.4) is 0 Å². The van der Waals surface area contributed by atoms with E-state index in [2.05, 4.69) is 16.4 Å². The summed E-state index contributed by atoms with van der Waals surface area (Å²) in [5.41, 5.74) is 1.90. The van der Waals surface area contributed by atoms with Crippen LogP contribution >= 0.6 is 0 Å². The van der Waals surface area contributed by atoms with Gasteiger partial charge < -0.3 is 10.1 Å². The van der Waals surface area contributed by atoms with Crippen molar-refractivity contribution >= 4 is 0 Å². The molecule has 0 amide bonds. The first kappa shape index (κ1) is 12.8. The maximum Gasteiger partial charge on any atom is 0.145 e. The third-order valence-electron chi connectivity index (χ3n) is 4.89. The van der Waals surface area contributed by atoms with Crippen molar-refractivity contribution in [3.05, 3.63) is 54.4 Å². The van der Waals surface area contributed by atoms with E-state index in [4.69, 9.17) is 4.74 Å². The number of ether oxygens (including phenoxy) is 1. The molecule has 2 fully saturated rings. The summed E-state index contributed by atoms with van der Waals surface area (Å²) < 4.78 is 5.90. The van der Waals surface area contributed by atoms with Crippen LogP contribution in [0.2, 0.25) is 0 Å². The fourth-order valence-corrected chi connectivity index (χ4v) is 3.63. The number of nitrogens with zero attached hydrogens (tertiary/aromatic N) is 1. The molecule has 1 aromatic heterocycles. The monoisotopic (exact) mass is 280 g/mol. The summed E-state index contributed by atoms with van der Waals surface area (Å²) in [6.07, 6.45) is 7.71. The Morgan fingerprint density at radius 1 is 1.10 bits per heavy atom. The van der Waals surface area contributed by atoms with Gasteiger partial charge >= 0.3 is 0 Å². The van der Waals surface area contributed by atoms with Crippen molar-refractivity contribution < 1.29 is 4.74 Å². The van der Waals surface area contributed by atoms with Gasteiger partial charge in [-0.15, -0.1) is 0 Å². The van der Waals surface area contributed by atoms with Gasteiger partial charge in [0, 0.05) is 19.3 Å². The van der Waals surface area contributed by atoms with Crippen molar-refractivity contribution in [3.8, 4) is 11.5 Å². The van der Waals surface area contributed by atoms with Gasteiger partial charge in [-0.1, -0.05) is 18.2 Å². The molecule has 1 aromatic carbocycles. The summed E-state index contributed by atoms with van der Waals surface area (Å²) in [6.45, 7) is 2.38. The first-order valence-corrected chi connectivity index (χ1v) is 7.72. The minimum Gasteiger partial charge on any atom is -0.456 e. The van der Waals surface area contributed by atoms with Gasteiger partial charge in [-0.3, -0.25) is 4.98 Å². The van der Waals surface area contributed by atoms with Crippen molar-refractivity contribution in [1.82, 2.24) is 10.3 Å². The van der Waals surface area contributed by atoms with Crippen LogP contribution < -0.4 is 10.1 Å². The molecule has 1 spiro atoms. The number of pyridine rings is 1. The minimum atomic E-state index is 0.570. The van der Waals surface area contributed by atoms with Crippen LogP contribution in [-0.2, 0) is 0 Å². The second-order valence-electron chi connectivity index (χ2n) is 6.41. The van der Waals surface area contributed by atoms with Gasteiger partial charge in [-0.25, -0.2) is 0 Å². The third kappa shape index (κ3) is 2.54. The molecule has 1 N–H and O–H groups in total. The fourth-order valence-electron chi connectivity index (χ4n) is 3.63. The second-order valence-corrected chi connectivity index (χ2v) is 6.41. The lowest BCUT2D eigenvalue weighted by Gasteiger charge is -2.39. The molecular formula is C18H20N2O. The Morgan fingerprint density at radius 2 is 1.95 bits per heavy atom. The van der Waals surface area contributed by atoms with E-state index < -0.39 is 0 Å². The Bertz CT molecular complexity index is 622. The Hall–Kier alpha value is -1.87. The number of nitrogens with one attached hydrogen (secondary N) is 1. The van der Waals surface area contributed by atoms with E-state index in [1.807, 2.05) is 36.5 Å². The van der Waals surface area contributed by atoms with Crippen molar-refractivity contribution in [3.63, 3.8) is 0 Å². The predicted molar refractivity (Wildman–Crippen MR) is 82.6 cm³/mol. The summed E-state index contributed by atoms with van der Waals surface area (Å²) in [4.78, 5) is 4.38. The third-order valence-corrected chi connectivity index (χ3v) is 4.89. The zero-order chi connectivity index (χ0) is 14.1. The molecule has 1 saturated heterocycles. The van der Waals surface area contributed by atoms with Gasteiger partial charge in [0.05, 0.1) is 6.20 Å². The molecule has 2 heterocycles. The lowest BCUT2D eigenvalue weighted by molar-refractivity contribution is 0.175. The van der Waals surface area contributed by atoms with Gasteiger partial charge in [-0.2, -0.15) is 0 Å². The van der Waals surface area contributed by atoms with Crippen LogP contribution in [0.4, 0.5) is 0 Å². The van der Waals surface area contributed by atoms with Crippen molar-refractivity contribution in [2.45, 2.75) is 25.2 Å². The molecule has 0 radical (unpaired) electrons. The Balaban J connectivity index is 1.51. The standard InChI is InChI=1S/C18H20N2O/c1-2-4-16(5-3-1)21-17-8-15(10-19-11-17)14-6-7-18(9-14)12-20-13-18/h1-5,8,10-11,14,20H,6-7,9,12-13H2. The first-order valence-electron chi connectivity index (χ1n) is 7.72. The van der Waals surface area contributed by atoms with Gasteiger partial charge in [0.2, 0.25) is 0 Å². The molecule has 108 valence electrons.